The van der Waals surface area contributed by atoms with Crippen molar-refractivity contribution in [2.45, 2.75) is 105 Å². The van der Waals surface area contributed by atoms with Gasteiger partial charge in [-0.1, -0.05) is 26.7 Å². The van der Waals surface area contributed by atoms with E-state index < -0.39 is 0 Å². The van der Waals surface area contributed by atoms with Crippen molar-refractivity contribution in [2.24, 2.45) is 40.4 Å². The zero-order chi connectivity index (χ0) is 21.0. The molecule has 9 atom stereocenters. The van der Waals surface area contributed by atoms with E-state index in [1.807, 2.05) is 6.92 Å². The Bertz CT molecular complexity index is 659. The van der Waals surface area contributed by atoms with Gasteiger partial charge in [0.15, 0.2) is 0 Å². The van der Waals surface area contributed by atoms with Crippen molar-refractivity contribution in [2.75, 3.05) is 0 Å². The van der Waals surface area contributed by atoms with Crippen molar-refractivity contribution < 1.29 is 19.1 Å². The van der Waals surface area contributed by atoms with E-state index in [4.69, 9.17) is 9.47 Å². The zero-order valence-electron chi connectivity index (χ0n) is 19.0. The van der Waals surface area contributed by atoms with Gasteiger partial charge in [-0.25, -0.2) is 0 Å². The molecular weight excluding hydrogens is 364 g/mol. The van der Waals surface area contributed by atoms with E-state index in [9.17, 15) is 9.59 Å². The quantitative estimate of drug-likeness (QED) is 0.581. The molecule has 0 unspecified atom stereocenters. The molecule has 4 saturated carbocycles. The molecule has 164 valence electrons. The molecule has 0 bridgehead atoms. The Morgan fingerprint density at radius 3 is 2.34 bits per heavy atom. The van der Waals surface area contributed by atoms with E-state index in [1.165, 1.54) is 58.8 Å². The first-order valence-electron chi connectivity index (χ1n) is 12.0. The summed E-state index contributed by atoms with van der Waals surface area (Å²) in [7, 11) is 0. The Morgan fingerprint density at radius 2 is 1.66 bits per heavy atom. The highest BCUT2D eigenvalue weighted by Crippen LogP contribution is 2.68. The molecule has 0 aromatic carbocycles. The van der Waals surface area contributed by atoms with Gasteiger partial charge in [0, 0.05) is 19.8 Å². The van der Waals surface area contributed by atoms with Crippen LogP contribution in [0.25, 0.3) is 0 Å². The topological polar surface area (TPSA) is 52.6 Å². The lowest BCUT2D eigenvalue weighted by molar-refractivity contribution is -0.163. The van der Waals surface area contributed by atoms with Gasteiger partial charge in [-0.2, -0.15) is 0 Å². The molecule has 4 rings (SSSR count). The van der Waals surface area contributed by atoms with Gasteiger partial charge in [0.25, 0.3) is 0 Å². The van der Waals surface area contributed by atoms with Gasteiger partial charge in [-0.3, -0.25) is 9.59 Å². The highest BCUT2D eigenvalue weighted by molar-refractivity contribution is 5.67. The van der Waals surface area contributed by atoms with Gasteiger partial charge in [0.2, 0.25) is 0 Å². The fourth-order valence-electron chi connectivity index (χ4n) is 8.83. The average Bonchev–Trinajstić information content (AvgIpc) is 2.91. The molecule has 4 fully saturated rings. The van der Waals surface area contributed by atoms with Gasteiger partial charge < -0.3 is 9.47 Å². The Morgan fingerprint density at radius 1 is 0.897 bits per heavy atom. The summed E-state index contributed by atoms with van der Waals surface area (Å²) >= 11 is 0. The molecule has 0 spiro atoms. The summed E-state index contributed by atoms with van der Waals surface area (Å²) in [5, 5.41) is 0. The van der Waals surface area contributed by atoms with Gasteiger partial charge >= 0.3 is 11.9 Å². The molecule has 0 N–H and O–H groups in total. The maximum absolute atomic E-state index is 11.9. The molecule has 4 aliphatic carbocycles. The molecule has 4 aliphatic rings. The Kier molecular flexibility index (Phi) is 5.53. The normalized spacial score (nSPS) is 47.3. The van der Waals surface area contributed by atoms with Gasteiger partial charge in [-0.15, -0.1) is 0 Å². The summed E-state index contributed by atoms with van der Waals surface area (Å²) in [4.78, 5) is 23.6. The Balaban J connectivity index is 1.64. The monoisotopic (exact) mass is 404 g/mol. The van der Waals surface area contributed by atoms with Gasteiger partial charge in [0.05, 0.1) is 0 Å². The van der Waals surface area contributed by atoms with Crippen LogP contribution in [0.3, 0.4) is 0 Å². The van der Waals surface area contributed by atoms with Crippen molar-refractivity contribution in [3.63, 3.8) is 0 Å². The number of carbonyl (C=O) groups excluding carboxylic acids is 2. The van der Waals surface area contributed by atoms with E-state index in [2.05, 4.69) is 13.8 Å². The van der Waals surface area contributed by atoms with Crippen LogP contribution in [-0.4, -0.2) is 24.1 Å². The maximum Gasteiger partial charge on any atom is 0.302 e. The average molecular weight is 405 g/mol. The minimum Gasteiger partial charge on any atom is -0.462 e. The van der Waals surface area contributed by atoms with E-state index >= 15 is 0 Å². The number of rotatable bonds is 3. The molecule has 0 aliphatic heterocycles. The smallest absolute Gasteiger partial charge is 0.302 e. The molecular formula is C25H40O4. The van der Waals surface area contributed by atoms with Crippen molar-refractivity contribution in [1.29, 1.82) is 0 Å². The molecule has 0 amide bonds. The molecule has 0 aromatic heterocycles. The van der Waals surface area contributed by atoms with Gasteiger partial charge in [-0.05, 0) is 86.4 Å². The lowest BCUT2D eigenvalue weighted by Crippen LogP contribution is -2.53. The second kappa shape index (κ2) is 7.57. The largest absolute Gasteiger partial charge is 0.462 e. The highest BCUT2D eigenvalue weighted by atomic mass is 16.6. The third kappa shape index (κ3) is 3.43. The van der Waals surface area contributed by atoms with Crippen molar-refractivity contribution in [1.82, 2.24) is 0 Å². The standard InChI is InChI=1S/C25H40O4/c1-15(28-16(2)26)23-22(29-17(3)27)14-21-19-10-9-18-8-6-7-12-24(18,4)20(19)11-13-25(21,23)5/h15,18-23H,6-14H2,1-5H3/t15-,18+,19+,20-,21-,22-,23-,24-,25-/m0/s1. The third-order valence-corrected chi connectivity index (χ3v) is 9.84. The Labute approximate surface area is 176 Å². The van der Waals surface area contributed by atoms with Gasteiger partial charge in [0.1, 0.15) is 12.2 Å². The summed E-state index contributed by atoms with van der Waals surface area (Å²) in [5.74, 6) is 2.64. The maximum atomic E-state index is 11.9. The van der Waals surface area contributed by atoms with Crippen molar-refractivity contribution in [3.8, 4) is 0 Å². The van der Waals surface area contributed by atoms with Crippen LogP contribution in [0, 0.1) is 40.4 Å². The summed E-state index contributed by atoms with van der Waals surface area (Å²) < 4.78 is 11.5. The second-order valence-corrected chi connectivity index (χ2v) is 11.2. The number of ether oxygens (including phenoxy) is 2. The first kappa shape index (κ1) is 21.2. The predicted octanol–water partition coefficient (Wildman–Crippen LogP) is 5.53. The first-order valence-corrected chi connectivity index (χ1v) is 12.0. The fraction of sp³-hybridized carbons (Fsp3) is 0.920. The van der Waals surface area contributed by atoms with E-state index in [-0.39, 0.29) is 35.5 Å². The van der Waals surface area contributed by atoms with E-state index in [0.717, 1.165) is 30.6 Å². The minimum atomic E-state index is -0.241. The minimum absolute atomic E-state index is 0.0774. The van der Waals surface area contributed by atoms with Crippen molar-refractivity contribution >= 4 is 11.9 Å². The predicted molar refractivity (Wildman–Crippen MR) is 112 cm³/mol. The van der Waals surface area contributed by atoms with Crippen molar-refractivity contribution in [3.05, 3.63) is 0 Å². The summed E-state index contributed by atoms with van der Waals surface area (Å²) in [5.41, 5.74) is 0.576. The molecule has 0 heterocycles. The van der Waals surface area contributed by atoms with Crippen LogP contribution in [0.1, 0.15) is 92.4 Å². The molecule has 4 nitrogen and oxygen atoms in total. The molecule has 0 aromatic rings. The molecule has 4 heteroatoms. The summed E-state index contributed by atoms with van der Waals surface area (Å²) in [6, 6.07) is 0. The number of fused-ring (bicyclic) bond motifs is 5. The SMILES string of the molecule is CC(=O)O[C@@H](C)[C@H]1[C@@H](OC(C)=O)C[C@H]2[C@@H]3CC[C@H]4CCCC[C@]4(C)[C@H]3CC[C@]12C. The summed E-state index contributed by atoms with van der Waals surface area (Å²) in [6.45, 7) is 9.98. The molecule has 29 heavy (non-hydrogen) atoms. The van der Waals surface area contributed by atoms with Crippen LogP contribution < -0.4 is 0 Å². The van der Waals surface area contributed by atoms with E-state index in [0.29, 0.717) is 11.3 Å². The van der Waals surface area contributed by atoms with Crippen LogP contribution in [0.2, 0.25) is 0 Å². The lowest BCUT2D eigenvalue weighted by atomic mass is 9.45. The second-order valence-electron chi connectivity index (χ2n) is 11.2. The number of carbonyl (C=O) groups is 2. The third-order valence-electron chi connectivity index (χ3n) is 9.84. The number of hydrogen-bond donors (Lipinski definition) is 0. The van der Waals surface area contributed by atoms with E-state index in [1.54, 1.807) is 0 Å². The van der Waals surface area contributed by atoms with Crippen LogP contribution in [0.15, 0.2) is 0 Å². The van der Waals surface area contributed by atoms with Crippen LogP contribution in [-0.2, 0) is 19.1 Å². The Hall–Kier alpha value is -1.06. The zero-order valence-corrected chi connectivity index (χ0v) is 19.0. The highest BCUT2D eigenvalue weighted by Gasteiger charge is 2.64. The van der Waals surface area contributed by atoms with Crippen LogP contribution in [0.4, 0.5) is 0 Å². The molecule has 0 radical (unpaired) electrons. The van der Waals surface area contributed by atoms with Crippen LogP contribution >= 0.6 is 0 Å². The summed E-state index contributed by atoms with van der Waals surface area (Å²) in [6.07, 6.45) is 11.3. The number of hydrogen-bond acceptors (Lipinski definition) is 4. The lowest BCUT2D eigenvalue weighted by Gasteiger charge is -2.60. The molecule has 0 saturated heterocycles. The van der Waals surface area contributed by atoms with Crippen LogP contribution in [0.5, 0.6) is 0 Å². The fourth-order valence-corrected chi connectivity index (χ4v) is 8.83. The number of esters is 2. The first-order chi connectivity index (χ1) is 13.7.